The predicted molar refractivity (Wildman–Crippen MR) is 61.8 cm³/mol. The molecule has 2 aromatic rings. The van der Waals surface area contributed by atoms with Gasteiger partial charge in [-0.1, -0.05) is 23.1 Å². The van der Waals surface area contributed by atoms with Crippen molar-refractivity contribution in [1.82, 2.24) is 20.0 Å². The van der Waals surface area contributed by atoms with Crippen LogP contribution in [-0.2, 0) is 12.3 Å². The standard InChI is InChI=1S/C8H11N5S2/c1-2-13-4-6(3-10-13)5-14-8-12-11-7(9)15-8/h3-4H,2,5H2,1H3,(H2,9,11). The molecule has 0 fully saturated rings. The Balaban J connectivity index is 1.93. The second-order valence-electron chi connectivity index (χ2n) is 2.90. The van der Waals surface area contributed by atoms with E-state index < -0.39 is 0 Å². The summed E-state index contributed by atoms with van der Waals surface area (Å²) in [7, 11) is 0. The van der Waals surface area contributed by atoms with Gasteiger partial charge in [-0.15, -0.1) is 10.2 Å². The number of rotatable bonds is 4. The van der Waals surface area contributed by atoms with Crippen LogP contribution in [0, 0.1) is 0 Å². The highest BCUT2D eigenvalue weighted by Crippen LogP contribution is 2.26. The molecule has 0 unspecified atom stereocenters. The summed E-state index contributed by atoms with van der Waals surface area (Å²) >= 11 is 3.04. The molecule has 0 bridgehead atoms. The summed E-state index contributed by atoms with van der Waals surface area (Å²) in [5, 5.41) is 12.4. The number of nitrogens with two attached hydrogens (primary N) is 1. The number of hydrogen-bond donors (Lipinski definition) is 1. The second kappa shape index (κ2) is 4.63. The molecule has 2 N–H and O–H groups in total. The average Bonchev–Trinajstić information content (AvgIpc) is 2.83. The first-order chi connectivity index (χ1) is 7.28. The summed E-state index contributed by atoms with van der Waals surface area (Å²) < 4.78 is 2.81. The molecular formula is C8H11N5S2. The lowest BCUT2D eigenvalue weighted by Gasteiger charge is -1.92. The first-order valence-electron chi connectivity index (χ1n) is 4.51. The van der Waals surface area contributed by atoms with Crippen LogP contribution >= 0.6 is 23.1 Å². The minimum atomic E-state index is 0.516. The van der Waals surface area contributed by atoms with Crippen molar-refractivity contribution in [2.45, 2.75) is 23.6 Å². The SMILES string of the molecule is CCn1cc(CSc2nnc(N)s2)cn1. The molecular weight excluding hydrogens is 230 g/mol. The first-order valence-corrected chi connectivity index (χ1v) is 6.31. The number of thioether (sulfide) groups is 1. The maximum atomic E-state index is 5.49. The number of hydrogen-bond acceptors (Lipinski definition) is 6. The van der Waals surface area contributed by atoms with E-state index in [9.17, 15) is 0 Å². The van der Waals surface area contributed by atoms with Crippen molar-refractivity contribution < 1.29 is 0 Å². The summed E-state index contributed by atoms with van der Waals surface area (Å²) in [5.41, 5.74) is 6.68. The van der Waals surface area contributed by atoms with E-state index in [1.807, 2.05) is 17.1 Å². The summed E-state index contributed by atoms with van der Waals surface area (Å²) in [6, 6.07) is 0. The maximum absolute atomic E-state index is 5.49. The third-order valence-electron chi connectivity index (χ3n) is 1.80. The molecule has 0 aliphatic rings. The fourth-order valence-corrected chi connectivity index (χ4v) is 2.63. The smallest absolute Gasteiger partial charge is 0.203 e. The zero-order chi connectivity index (χ0) is 10.7. The van der Waals surface area contributed by atoms with E-state index in [1.165, 1.54) is 16.9 Å². The summed E-state index contributed by atoms with van der Waals surface area (Å²) in [5.74, 6) is 0.856. The molecule has 0 saturated carbocycles. The zero-order valence-corrected chi connectivity index (χ0v) is 9.88. The minimum absolute atomic E-state index is 0.516. The van der Waals surface area contributed by atoms with Crippen LogP contribution in [0.1, 0.15) is 12.5 Å². The molecule has 0 saturated heterocycles. The molecule has 0 aromatic carbocycles. The van der Waals surface area contributed by atoms with Crippen LogP contribution in [0.25, 0.3) is 0 Å². The monoisotopic (exact) mass is 241 g/mol. The van der Waals surface area contributed by atoms with Gasteiger partial charge in [-0.3, -0.25) is 4.68 Å². The van der Waals surface area contributed by atoms with Crippen molar-refractivity contribution in [2.24, 2.45) is 0 Å². The van der Waals surface area contributed by atoms with E-state index in [2.05, 4.69) is 22.2 Å². The van der Waals surface area contributed by atoms with Crippen molar-refractivity contribution in [3.05, 3.63) is 18.0 Å². The fraction of sp³-hybridized carbons (Fsp3) is 0.375. The number of nitrogens with zero attached hydrogens (tertiary/aromatic N) is 4. The Morgan fingerprint density at radius 2 is 2.40 bits per heavy atom. The van der Waals surface area contributed by atoms with Crippen LogP contribution in [0.15, 0.2) is 16.7 Å². The van der Waals surface area contributed by atoms with E-state index >= 15 is 0 Å². The van der Waals surface area contributed by atoms with Gasteiger partial charge in [0, 0.05) is 24.1 Å². The van der Waals surface area contributed by atoms with Gasteiger partial charge in [-0.2, -0.15) is 5.10 Å². The molecule has 2 rings (SSSR count). The molecule has 2 aromatic heterocycles. The highest BCUT2D eigenvalue weighted by molar-refractivity contribution is 8.00. The van der Waals surface area contributed by atoms with Gasteiger partial charge in [-0.25, -0.2) is 0 Å². The van der Waals surface area contributed by atoms with Crippen LogP contribution in [0.4, 0.5) is 5.13 Å². The highest BCUT2D eigenvalue weighted by atomic mass is 32.2. The molecule has 0 aliphatic heterocycles. The van der Waals surface area contributed by atoms with Gasteiger partial charge >= 0.3 is 0 Å². The Hall–Kier alpha value is -1.08. The van der Waals surface area contributed by atoms with Crippen molar-refractivity contribution >= 4 is 28.2 Å². The Kier molecular flexibility index (Phi) is 3.22. The molecule has 0 spiro atoms. The number of anilines is 1. The molecule has 0 atom stereocenters. The van der Waals surface area contributed by atoms with Gasteiger partial charge in [-0.05, 0) is 6.92 Å². The summed E-state index contributed by atoms with van der Waals surface area (Å²) in [4.78, 5) is 0. The van der Waals surface area contributed by atoms with Crippen molar-refractivity contribution in [3.8, 4) is 0 Å². The normalized spacial score (nSPS) is 10.7. The molecule has 0 aliphatic carbocycles. The first kappa shape index (κ1) is 10.4. The fourth-order valence-electron chi connectivity index (χ4n) is 1.08. The van der Waals surface area contributed by atoms with E-state index in [1.54, 1.807) is 11.8 Å². The summed E-state index contributed by atoms with van der Waals surface area (Å²) in [6.07, 6.45) is 3.91. The van der Waals surface area contributed by atoms with E-state index in [-0.39, 0.29) is 0 Å². The lowest BCUT2D eigenvalue weighted by molar-refractivity contribution is 0.659. The van der Waals surface area contributed by atoms with Crippen LogP contribution in [0.2, 0.25) is 0 Å². The maximum Gasteiger partial charge on any atom is 0.203 e. The van der Waals surface area contributed by atoms with E-state index in [4.69, 9.17) is 5.73 Å². The molecule has 0 radical (unpaired) electrons. The van der Waals surface area contributed by atoms with Gasteiger partial charge in [0.15, 0.2) is 4.34 Å². The van der Waals surface area contributed by atoms with E-state index in [0.717, 1.165) is 16.6 Å². The third-order valence-corrected chi connectivity index (χ3v) is 3.75. The van der Waals surface area contributed by atoms with E-state index in [0.29, 0.717) is 5.13 Å². The molecule has 7 heteroatoms. The zero-order valence-electron chi connectivity index (χ0n) is 8.25. The topological polar surface area (TPSA) is 69.6 Å². The van der Waals surface area contributed by atoms with Crippen LogP contribution in [0.3, 0.4) is 0 Å². The Morgan fingerprint density at radius 1 is 1.53 bits per heavy atom. The molecule has 80 valence electrons. The quantitative estimate of drug-likeness (QED) is 0.824. The lowest BCUT2D eigenvalue weighted by atomic mass is 10.4. The van der Waals surface area contributed by atoms with Crippen LogP contribution in [-0.4, -0.2) is 20.0 Å². The molecule has 5 nitrogen and oxygen atoms in total. The largest absolute Gasteiger partial charge is 0.374 e. The van der Waals surface area contributed by atoms with Crippen LogP contribution in [0.5, 0.6) is 0 Å². The highest BCUT2D eigenvalue weighted by Gasteiger charge is 2.03. The summed E-state index contributed by atoms with van der Waals surface area (Å²) in [6.45, 7) is 2.96. The van der Waals surface area contributed by atoms with Crippen LogP contribution < -0.4 is 5.73 Å². The van der Waals surface area contributed by atoms with Crippen molar-refractivity contribution in [2.75, 3.05) is 5.73 Å². The van der Waals surface area contributed by atoms with Gasteiger partial charge in [0.05, 0.1) is 6.20 Å². The third kappa shape index (κ3) is 2.69. The minimum Gasteiger partial charge on any atom is -0.374 e. The second-order valence-corrected chi connectivity index (χ2v) is 5.13. The lowest BCUT2D eigenvalue weighted by Crippen LogP contribution is -1.92. The number of nitrogen functional groups attached to an aromatic ring is 1. The van der Waals surface area contributed by atoms with Gasteiger partial charge in [0.25, 0.3) is 0 Å². The van der Waals surface area contributed by atoms with Crippen molar-refractivity contribution in [3.63, 3.8) is 0 Å². The van der Waals surface area contributed by atoms with Crippen molar-refractivity contribution in [1.29, 1.82) is 0 Å². The van der Waals surface area contributed by atoms with Gasteiger partial charge < -0.3 is 5.73 Å². The average molecular weight is 241 g/mol. The van der Waals surface area contributed by atoms with Gasteiger partial charge in [0.2, 0.25) is 5.13 Å². The predicted octanol–water partition coefficient (Wildman–Crippen LogP) is 1.63. The van der Waals surface area contributed by atoms with Gasteiger partial charge in [0.1, 0.15) is 0 Å². The molecule has 0 amide bonds. The number of aryl methyl sites for hydroxylation is 1. The number of aromatic nitrogens is 4. The Labute approximate surface area is 95.7 Å². The Morgan fingerprint density at radius 3 is 3.00 bits per heavy atom. The molecule has 2 heterocycles. The Bertz CT molecular complexity index is 436. The molecule has 15 heavy (non-hydrogen) atoms.